The molecule has 7 heteroatoms. The van der Waals surface area contributed by atoms with E-state index >= 15 is 0 Å². The van der Waals surface area contributed by atoms with E-state index in [-0.39, 0.29) is 24.0 Å². The van der Waals surface area contributed by atoms with E-state index < -0.39 is 0 Å². The Morgan fingerprint density at radius 1 is 0.966 bits per heavy atom. The van der Waals surface area contributed by atoms with Gasteiger partial charge < -0.3 is 20.0 Å². The molecule has 0 saturated carbocycles. The fraction of sp³-hybridized carbons (Fsp3) is 0.182. The first-order valence-corrected chi connectivity index (χ1v) is 9.84. The highest BCUT2D eigenvalue weighted by Gasteiger charge is 2.11. The van der Waals surface area contributed by atoms with E-state index in [0.717, 1.165) is 22.5 Å². The van der Waals surface area contributed by atoms with E-state index in [1.807, 2.05) is 56.3 Å². The zero-order chi connectivity index (χ0) is 21.0. The summed E-state index contributed by atoms with van der Waals surface area (Å²) in [6, 6.07) is 16.2. The standard InChI is InChI=1S/C22H22BrN3O3/c1-14-12-17(8-9-18(14)26(2)3)24-21(27)13-15-4-6-16(7-5-15)25-22(28)19-10-11-20(23)29-19/h4-12H,13H2,1-3H3,(H,24,27)(H,25,28). The van der Waals surface area contributed by atoms with Gasteiger partial charge in [-0.2, -0.15) is 0 Å². The average molecular weight is 456 g/mol. The van der Waals surface area contributed by atoms with E-state index in [2.05, 4.69) is 26.6 Å². The van der Waals surface area contributed by atoms with Gasteiger partial charge in [-0.05, 0) is 76.4 Å². The Bertz CT molecular complexity index is 1030. The number of carbonyl (C=O) groups excluding carboxylic acids is 2. The molecule has 0 spiro atoms. The Morgan fingerprint density at radius 2 is 1.66 bits per heavy atom. The topological polar surface area (TPSA) is 74.6 Å². The second-order valence-electron chi connectivity index (χ2n) is 6.88. The molecule has 0 saturated heterocycles. The first-order valence-electron chi connectivity index (χ1n) is 9.05. The second-order valence-corrected chi connectivity index (χ2v) is 7.66. The zero-order valence-electron chi connectivity index (χ0n) is 16.5. The minimum absolute atomic E-state index is 0.0979. The highest BCUT2D eigenvalue weighted by Crippen LogP contribution is 2.22. The summed E-state index contributed by atoms with van der Waals surface area (Å²) in [6.45, 7) is 2.01. The number of nitrogens with one attached hydrogen (secondary N) is 2. The molecule has 0 atom stereocenters. The molecule has 3 rings (SSSR count). The van der Waals surface area contributed by atoms with Crippen molar-refractivity contribution in [1.29, 1.82) is 0 Å². The maximum absolute atomic E-state index is 12.4. The number of benzene rings is 2. The first kappa shape index (κ1) is 20.7. The normalized spacial score (nSPS) is 10.5. The molecule has 0 aliphatic carbocycles. The number of furan rings is 1. The molecule has 0 bridgehead atoms. The van der Waals surface area contributed by atoms with E-state index in [9.17, 15) is 9.59 Å². The molecule has 0 unspecified atom stereocenters. The van der Waals surface area contributed by atoms with Crippen LogP contribution >= 0.6 is 15.9 Å². The SMILES string of the molecule is Cc1cc(NC(=O)Cc2ccc(NC(=O)c3ccc(Br)o3)cc2)ccc1N(C)C. The van der Waals surface area contributed by atoms with Gasteiger partial charge in [0.05, 0.1) is 6.42 Å². The van der Waals surface area contributed by atoms with Crippen LogP contribution in [-0.2, 0) is 11.2 Å². The number of rotatable bonds is 6. The van der Waals surface area contributed by atoms with Gasteiger partial charge in [0.15, 0.2) is 10.4 Å². The minimum Gasteiger partial charge on any atom is -0.444 e. The van der Waals surface area contributed by atoms with E-state index in [1.165, 1.54) is 0 Å². The van der Waals surface area contributed by atoms with Crippen molar-refractivity contribution in [2.45, 2.75) is 13.3 Å². The van der Waals surface area contributed by atoms with Crippen LogP contribution < -0.4 is 15.5 Å². The molecule has 0 radical (unpaired) electrons. The predicted molar refractivity (Wildman–Crippen MR) is 119 cm³/mol. The molecule has 1 heterocycles. The molecule has 0 aliphatic heterocycles. The van der Waals surface area contributed by atoms with Crippen LogP contribution in [0.2, 0.25) is 0 Å². The molecule has 2 N–H and O–H groups in total. The lowest BCUT2D eigenvalue weighted by Gasteiger charge is -2.16. The fourth-order valence-corrected chi connectivity index (χ4v) is 3.27. The number of carbonyl (C=O) groups is 2. The summed E-state index contributed by atoms with van der Waals surface area (Å²) in [5, 5.41) is 5.68. The number of amides is 2. The summed E-state index contributed by atoms with van der Waals surface area (Å²) in [4.78, 5) is 26.5. The molecule has 2 aromatic carbocycles. The van der Waals surface area contributed by atoms with Crippen LogP contribution in [0.15, 0.2) is 63.7 Å². The van der Waals surface area contributed by atoms with Gasteiger partial charge in [-0.15, -0.1) is 0 Å². The van der Waals surface area contributed by atoms with Gasteiger partial charge in [-0.3, -0.25) is 9.59 Å². The van der Waals surface area contributed by atoms with E-state index in [4.69, 9.17) is 4.42 Å². The van der Waals surface area contributed by atoms with Crippen molar-refractivity contribution in [2.24, 2.45) is 0 Å². The summed E-state index contributed by atoms with van der Waals surface area (Å²) in [6.07, 6.45) is 0.244. The molecular formula is C22H22BrN3O3. The number of nitrogens with zero attached hydrogens (tertiary/aromatic N) is 1. The summed E-state index contributed by atoms with van der Waals surface area (Å²) < 4.78 is 5.72. The first-order chi connectivity index (χ1) is 13.8. The summed E-state index contributed by atoms with van der Waals surface area (Å²) in [7, 11) is 3.97. The third kappa shape index (κ3) is 5.48. The lowest BCUT2D eigenvalue weighted by atomic mass is 10.1. The van der Waals surface area contributed by atoms with Crippen molar-refractivity contribution < 1.29 is 14.0 Å². The van der Waals surface area contributed by atoms with Crippen molar-refractivity contribution in [3.05, 3.63) is 76.2 Å². The molecule has 0 aliphatic rings. The predicted octanol–water partition coefficient (Wildman–Crippen LogP) is 4.85. The number of aryl methyl sites for hydroxylation is 1. The zero-order valence-corrected chi connectivity index (χ0v) is 18.0. The third-order valence-electron chi connectivity index (χ3n) is 4.34. The highest BCUT2D eigenvalue weighted by molar-refractivity contribution is 9.10. The van der Waals surface area contributed by atoms with Gasteiger partial charge in [0.2, 0.25) is 5.91 Å². The van der Waals surface area contributed by atoms with Gasteiger partial charge in [0, 0.05) is 31.2 Å². The molecule has 6 nitrogen and oxygen atoms in total. The Kier molecular flexibility index (Phi) is 6.39. The lowest BCUT2D eigenvalue weighted by molar-refractivity contribution is -0.115. The number of halogens is 1. The Morgan fingerprint density at radius 3 is 2.24 bits per heavy atom. The Balaban J connectivity index is 1.57. The average Bonchev–Trinajstić information content (AvgIpc) is 3.09. The molecule has 150 valence electrons. The van der Waals surface area contributed by atoms with Crippen LogP contribution in [0.5, 0.6) is 0 Å². The van der Waals surface area contributed by atoms with E-state index in [1.54, 1.807) is 24.3 Å². The van der Waals surface area contributed by atoms with E-state index in [0.29, 0.717) is 10.4 Å². The van der Waals surface area contributed by atoms with Gasteiger partial charge in [0.25, 0.3) is 5.91 Å². The Hall–Kier alpha value is -3.06. The van der Waals surface area contributed by atoms with Crippen molar-refractivity contribution >= 4 is 44.8 Å². The van der Waals surface area contributed by atoms with Crippen LogP contribution in [0, 0.1) is 6.92 Å². The Labute approximate surface area is 178 Å². The summed E-state index contributed by atoms with van der Waals surface area (Å²) in [5.41, 5.74) is 4.45. The number of anilines is 3. The smallest absolute Gasteiger partial charge is 0.291 e. The van der Waals surface area contributed by atoms with Gasteiger partial charge in [-0.1, -0.05) is 12.1 Å². The van der Waals surface area contributed by atoms with Crippen LogP contribution in [0.3, 0.4) is 0 Å². The van der Waals surface area contributed by atoms with Crippen molar-refractivity contribution in [3.63, 3.8) is 0 Å². The molecule has 2 amide bonds. The van der Waals surface area contributed by atoms with Gasteiger partial charge >= 0.3 is 0 Å². The van der Waals surface area contributed by atoms with Crippen LogP contribution in [0.25, 0.3) is 0 Å². The van der Waals surface area contributed by atoms with Crippen LogP contribution in [-0.4, -0.2) is 25.9 Å². The molecule has 0 fully saturated rings. The highest BCUT2D eigenvalue weighted by atomic mass is 79.9. The minimum atomic E-state index is -0.335. The molecular weight excluding hydrogens is 434 g/mol. The van der Waals surface area contributed by atoms with Crippen molar-refractivity contribution in [2.75, 3.05) is 29.6 Å². The second kappa shape index (κ2) is 8.96. The van der Waals surface area contributed by atoms with Crippen LogP contribution in [0.1, 0.15) is 21.7 Å². The summed E-state index contributed by atoms with van der Waals surface area (Å²) in [5.74, 6) is -0.215. The van der Waals surface area contributed by atoms with Crippen molar-refractivity contribution in [1.82, 2.24) is 0 Å². The maximum atomic E-state index is 12.4. The molecule has 3 aromatic rings. The van der Waals surface area contributed by atoms with Gasteiger partial charge in [0.1, 0.15) is 0 Å². The summed E-state index contributed by atoms with van der Waals surface area (Å²) >= 11 is 3.17. The fourth-order valence-electron chi connectivity index (χ4n) is 2.96. The quantitative estimate of drug-likeness (QED) is 0.556. The molecule has 1 aromatic heterocycles. The number of hydrogen-bond donors (Lipinski definition) is 2. The van der Waals surface area contributed by atoms with Crippen molar-refractivity contribution in [3.8, 4) is 0 Å². The monoisotopic (exact) mass is 455 g/mol. The number of hydrogen-bond acceptors (Lipinski definition) is 4. The molecule has 29 heavy (non-hydrogen) atoms. The lowest BCUT2D eigenvalue weighted by Crippen LogP contribution is -2.15. The van der Waals surface area contributed by atoms with Gasteiger partial charge in [-0.25, -0.2) is 0 Å². The largest absolute Gasteiger partial charge is 0.444 e. The van der Waals surface area contributed by atoms with Crippen LogP contribution in [0.4, 0.5) is 17.1 Å². The third-order valence-corrected chi connectivity index (χ3v) is 4.76. The maximum Gasteiger partial charge on any atom is 0.291 e.